The van der Waals surface area contributed by atoms with Crippen molar-refractivity contribution in [3.8, 4) is 5.75 Å². The quantitative estimate of drug-likeness (QED) is 0.225. The molecule has 4 rings (SSSR count). The summed E-state index contributed by atoms with van der Waals surface area (Å²) in [7, 11) is 0. The van der Waals surface area contributed by atoms with Crippen LogP contribution in [-0.4, -0.2) is 62.6 Å². The maximum Gasteiger partial charge on any atom is 0.235 e. The minimum absolute atomic E-state index is 0.147. The molecule has 0 bridgehead atoms. The normalized spacial score (nSPS) is 35.4. The van der Waals surface area contributed by atoms with Crippen LogP contribution in [0.25, 0.3) is 0 Å². The van der Waals surface area contributed by atoms with Crippen LogP contribution in [0.5, 0.6) is 5.75 Å². The summed E-state index contributed by atoms with van der Waals surface area (Å²) in [4.78, 5) is 64.0. The highest BCUT2D eigenvalue weighted by Crippen LogP contribution is 2.54. The second kappa shape index (κ2) is 7.60. The number of aliphatic hydroxyl groups excluding tert-OH is 1. The van der Waals surface area contributed by atoms with Gasteiger partial charge in [-0.05, 0) is 17.5 Å². The molecular weight excluding hydrogens is 432 g/mol. The van der Waals surface area contributed by atoms with Gasteiger partial charge in [0.15, 0.2) is 34.7 Å². The first kappa shape index (κ1) is 22.8. The van der Waals surface area contributed by atoms with Gasteiger partial charge in [0.2, 0.25) is 5.91 Å². The predicted octanol–water partition coefficient (Wildman–Crippen LogP) is -0.543. The van der Waals surface area contributed by atoms with Gasteiger partial charge in [-0.15, -0.1) is 6.58 Å². The van der Waals surface area contributed by atoms with Crippen LogP contribution >= 0.6 is 0 Å². The van der Waals surface area contributed by atoms with Gasteiger partial charge in [-0.2, -0.15) is 0 Å². The molecule has 10 nitrogen and oxygen atoms in total. The van der Waals surface area contributed by atoms with Crippen LogP contribution in [0.15, 0.2) is 24.8 Å². The highest BCUT2D eigenvalue weighted by molar-refractivity contribution is 6.31. The number of ketones is 4. The summed E-state index contributed by atoms with van der Waals surface area (Å²) in [5.41, 5.74) is 2.70. The fourth-order valence-corrected chi connectivity index (χ4v) is 5.68. The number of phenols is 1. The van der Waals surface area contributed by atoms with Gasteiger partial charge in [-0.1, -0.05) is 19.1 Å². The Morgan fingerprint density at radius 3 is 2.55 bits per heavy atom. The number of rotatable bonds is 4. The van der Waals surface area contributed by atoms with Gasteiger partial charge in [0.1, 0.15) is 5.75 Å². The maximum absolute atomic E-state index is 13.5. The van der Waals surface area contributed by atoms with Gasteiger partial charge in [-0.25, -0.2) is 0 Å². The van der Waals surface area contributed by atoms with Crippen LogP contribution in [0.4, 0.5) is 5.69 Å². The monoisotopic (exact) mass is 456 g/mol. The third-order valence-corrected chi connectivity index (χ3v) is 7.30. The molecule has 0 spiro atoms. The van der Waals surface area contributed by atoms with Crippen molar-refractivity contribution in [2.75, 3.05) is 11.9 Å². The summed E-state index contributed by atoms with van der Waals surface area (Å²) < 4.78 is 0. The number of primary amides is 1. The summed E-state index contributed by atoms with van der Waals surface area (Å²) >= 11 is 0. The van der Waals surface area contributed by atoms with E-state index in [0.29, 0.717) is 5.56 Å². The Hall–Kier alpha value is -3.37. The molecule has 33 heavy (non-hydrogen) atoms. The Labute approximate surface area is 188 Å². The Balaban J connectivity index is 1.86. The second-order valence-corrected chi connectivity index (χ2v) is 8.90. The van der Waals surface area contributed by atoms with Crippen molar-refractivity contribution in [1.82, 2.24) is 0 Å². The second-order valence-electron chi connectivity index (χ2n) is 8.90. The number of anilines is 1. The first-order chi connectivity index (χ1) is 15.5. The number of amides is 1. The van der Waals surface area contributed by atoms with Crippen LogP contribution in [0.3, 0.4) is 0 Å². The van der Waals surface area contributed by atoms with Crippen molar-refractivity contribution in [2.24, 2.45) is 29.4 Å². The number of hydrogen-bond acceptors (Lipinski definition) is 9. The molecular formula is C23H24N2O8. The molecule has 0 saturated heterocycles. The molecule has 6 N–H and O–H groups in total. The van der Waals surface area contributed by atoms with Gasteiger partial charge in [-0.3, -0.25) is 24.0 Å². The van der Waals surface area contributed by atoms with Gasteiger partial charge in [0, 0.05) is 24.8 Å². The zero-order valence-corrected chi connectivity index (χ0v) is 17.8. The lowest BCUT2D eigenvalue weighted by atomic mass is 9.50. The Kier molecular flexibility index (Phi) is 5.25. The molecule has 2 saturated carbocycles. The molecule has 174 valence electrons. The van der Waals surface area contributed by atoms with E-state index in [0.717, 1.165) is 0 Å². The fraction of sp³-hybridized carbons (Fsp3) is 0.435. The molecule has 2 fully saturated rings. The van der Waals surface area contributed by atoms with Gasteiger partial charge < -0.3 is 26.4 Å². The molecule has 7 atom stereocenters. The molecule has 1 aromatic rings. The average molecular weight is 456 g/mol. The summed E-state index contributed by atoms with van der Waals surface area (Å²) in [5, 5.41) is 36.0. The topological polar surface area (TPSA) is 184 Å². The molecule has 2 unspecified atom stereocenters. The highest BCUT2D eigenvalue weighted by atomic mass is 16.3. The van der Waals surface area contributed by atoms with E-state index in [9.17, 15) is 39.3 Å². The van der Waals surface area contributed by atoms with E-state index in [1.54, 1.807) is 25.1 Å². The number of carbonyl (C=O) groups excluding carboxylic acids is 5. The van der Waals surface area contributed by atoms with Crippen molar-refractivity contribution in [3.63, 3.8) is 0 Å². The third kappa shape index (κ3) is 2.90. The van der Waals surface area contributed by atoms with E-state index < -0.39 is 82.5 Å². The van der Waals surface area contributed by atoms with E-state index in [1.165, 1.54) is 0 Å². The first-order valence-electron chi connectivity index (χ1n) is 10.5. The van der Waals surface area contributed by atoms with Crippen LogP contribution < -0.4 is 11.1 Å². The third-order valence-electron chi connectivity index (χ3n) is 7.30. The molecule has 3 aliphatic rings. The zero-order chi connectivity index (χ0) is 24.4. The molecule has 0 aliphatic heterocycles. The Morgan fingerprint density at radius 1 is 1.27 bits per heavy atom. The summed E-state index contributed by atoms with van der Waals surface area (Å²) in [5.74, 6) is -13.0. The number of benzene rings is 1. The predicted molar refractivity (Wildman–Crippen MR) is 113 cm³/mol. The number of phenolic OH excluding ortho intramolecular Hbond substituents is 1. The molecule has 0 aromatic heterocycles. The Bertz CT molecular complexity index is 1130. The van der Waals surface area contributed by atoms with E-state index >= 15 is 0 Å². The lowest BCUT2D eigenvalue weighted by molar-refractivity contribution is -0.189. The summed E-state index contributed by atoms with van der Waals surface area (Å²) in [6, 6.07) is 3.15. The van der Waals surface area contributed by atoms with E-state index in [1.807, 2.05) is 0 Å². The number of hydrogen-bond donors (Lipinski definition) is 5. The van der Waals surface area contributed by atoms with Crippen molar-refractivity contribution < 1.29 is 39.3 Å². The number of Topliss-reactive ketones (excluding diaryl/α,β-unsaturated/α-hetero) is 4. The molecule has 10 heteroatoms. The molecule has 3 aliphatic carbocycles. The van der Waals surface area contributed by atoms with Crippen LogP contribution in [0.1, 0.15) is 35.2 Å². The summed E-state index contributed by atoms with van der Waals surface area (Å²) in [6.07, 6.45) is -0.649. The van der Waals surface area contributed by atoms with Gasteiger partial charge in [0.25, 0.3) is 0 Å². The minimum Gasteiger partial charge on any atom is -0.505 e. The molecule has 1 aromatic carbocycles. The fourth-order valence-electron chi connectivity index (χ4n) is 5.68. The molecule has 1 amide bonds. The van der Waals surface area contributed by atoms with E-state index in [4.69, 9.17) is 5.73 Å². The minimum atomic E-state index is -2.92. The zero-order valence-electron chi connectivity index (χ0n) is 17.8. The maximum atomic E-state index is 13.5. The molecule has 0 heterocycles. The number of fused-ring (bicyclic) bond motifs is 3. The first-order valence-corrected chi connectivity index (χ1v) is 10.5. The number of aliphatic hydroxyl groups is 2. The lowest BCUT2D eigenvalue weighted by Crippen LogP contribution is -2.72. The van der Waals surface area contributed by atoms with Crippen LogP contribution in [-0.2, 0) is 19.2 Å². The lowest BCUT2D eigenvalue weighted by Gasteiger charge is -2.52. The number of carbonyl (C=O) groups is 5. The van der Waals surface area contributed by atoms with Crippen LogP contribution in [0, 0.1) is 23.7 Å². The summed E-state index contributed by atoms with van der Waals surface area (Å²) in [6.45, 7) is 5.51. The van der Waals surface area contributed by atoms with Gasteiger partial charge >= 0.3 is 0 Å². The number of aromatic hydroxyl groups is 1. The number of nitrogens with one attached hydrogen (secondary N) is 1. The smallest absolute Gasteiger partial charge is 0.235 e. The van der Waals surface area contributed by atoms with Crippen molar-refractivity contribution in [1.29, 1.82) is 0 Å². The van der Waals surface area contributed by atoms with E-state index in [2.05, 4.69) is 11.9 Å². The van der Waals surface area contributed by atoms with Crippen LogP contribution in [0.2, 0.25) is 0 Å². The number of nitrogens with two attached hydrogens (primary N) is 1. The largest absolute Gasteiger partial charge is 0.505 e. The van der Waals surface area contributed by atoms with Crippen molar-refractivity contribution >= 4 is 34.7 Å². The van der Waals surface area contributed by atoms with Crippen molar-refractivity contribution in [2.45, 2.75) is 31.0 Å². The molecule has 0 radical (unpaired) electrons. The SMILES string of the molecule is C=CCNc1ccc2c(c1O)C(=O)C1C(=O)[C@]3(O)C(=O)C(C(N)=O)C(=O)C[C@@H]3[C@@H](O)[C@@H]1[C@H]2C. The van der Waals surface area contributed by atoms with E-state index in [-0.39, 0.29) is 17.8 Å². The van der Waals surface area contributed by atoms with Gasteiger partial charge in [0.05, 0.1) is 23.3 Å². The standard InChI is InChI=1S/C23H24N2O8/c1-3-6-25-11-5-4-9-8(2)13-16(19(29)14(9)18(11)28)21(31)23(33)10(17(13)27)7-12(26)15(20(23)30)22(24)32/h3-5,8,10,13,15-17,25,27-28,33H,1,6-7H2,2H3,(H2,24,32)/t8-,10+,13+,15?,16?,17+,23+/m0/s1. The highest BCUT2D eigenvalue weighted by Gasteiger charge is 2.69. The Morgan fingerprint density at radius 2 is 1.94 bits per heavy atom. The average Bonchev–Trinajstić information content (AvgIpc) is 2.75. The van der Waals surface area contributed by atoms with Crippen molar-refractivity contribution in [3.05, 3.63) is 35.9 Å².